The second-order valence-corrected chi connectivity index (χ2v) is 7.51. The Kier molecular flexibility index (Phi) is 5.30. The van der Waals surface area contributed by atoms with Crippen LogP contribution in [0.4, 0.5) is 0 Å². The lowest BCUT2D eigenvalue weighted by atomic mass is 9.72. The smallest absolute Gasteiger partial charge is 0.0121 e. The Hall–Kier alpha value is -0.0800. The molecule has 2 unspecified atom stereocenters. The van der Waals surface area contributed by atoms with E-state index in [0.29, 0.717) is 11.5 Å². The molecule has 0 aromatic rings. The molecule has 1 aliphatic heterocycles. The zero-order chi connectivity index (χ0) is 13.9. The minimum absolute atomic E-state index is 0.497. The molecule has 112 valence electrons. The lowest BCUT2D eigenvalue weighted by molar-refractivity contribution is 0.120. The average Bonchev–Trinajstić information content (AvgIpc) is 2.41. The van der Waals surface area contributed by atoms with Gasteiger partial charge in [0.15, 0.2) is 0 Å². The Morgan fingerprint density at radius 2 is 1.84 bits per heavy atom. The Balaban J connectivity index is 1.82. The van der Waals surface area contributed by atoms with Gasteiger partial charge in [-0.25, -0.2) is 0 Å². The van der Waals surface area contributed by atoms with Gasteiger partial charge in [0.2, 0.25) is 0 Å². The van der Waals surface area contributed by atoms with Crippen molar-refractivity contribution in [3.05, 3.63) is 0 Å². The van der Waals surface area contributed by atoms with Gasteiger partial charge in [-0.1, -0.05) is 33.6 Å². The van der Waals surface area contributed by atoms with E-state index in [1.807, 2.05) is 0 Å². The molecule has 19 heavy (non-hydrogen) atoms. The van der Waals surface area contributed by atoms with E-state index in [-0.39, 0.29) is 0 Å². The number of nitrogens with one attached hydrogen (secondary N) is 1. The monoisotopic (exact) mass is 266 g/mol. The molecule has 2 fully saturated rings. The molecule has 2 nitrogen and oxygen atoms in total. The Bertz CT molecular complexity index is 266. The van der Waals surface area contributed by atoms with E-state index < -0.39 is 0 Å². The number of likely N-dealkylation sites (tertiary alicyclic amines) is 1. The molecule has 0 spiro atoms. The van der Waals surface area contributed by atoms with E-state index in [0.717, 1.165) is 12.0 Å². The first-order chi connectivity index (χ1) is 9.03. The predicted molar refractivity (Wildman–Crippen MR) is 83.5 cm³/mol. The van der Waals surface area contributed by atoms with Gasteiger partial charge in [0.25, 0.3) is 0 Å². The molecule has 2 heteroatoms. The summed E-state index contributed by atoms with van der Waals surface area (Å²) in [7, 11) is 0. The Labute approximate surface area is 120 Å². The van der Waals surface area contributed by atoms with Crippen LogP contribution in [-0.2, 0) is 0 Å². The van der Waals surface area contributed by atoms with Crippen molar-refractivity contribution in [2.75, 3.05) is 19.6 Å². The first-order valence-corrected chi connectivity index (χ1v) is 8.51. The van der Waals surface area contributed by atoms with E-state index in [4.69, 9.17) is 0 Å². The van der Waals surface area contributed by atoms with Crippen LogP contribution in [0.15, 0.2) is 0 Å². The van der Waals surface area contributed by atoms with E-state index in [9.17, 15) is 0 Å². The summed E-state index contributed by atoms with van der Waals surface area (Å²) in [5.41, 5.74) is 0.497. The summed E-state index contributed by atoms with van der Waals surface area (Å²) in [6.07, 6.45) is 8.39. The van der Waals surface area contributed by atoms with Gasteiger partial charge in [0.1, 0.15) is 0 Å². The summed E-state index contributed by atoms with van der Waals surface area (Å²) in [5.74, 6) is 0.889. The maximum absolute atomic E-state index is 3.99. The molecule has 1 aliphatic carbocycles. The number of hydrogen-bond donors (Lipinski definition) is 1. The Morgan fingerprint density at radius 3 is 2.42 bits per heavy atom. The van der Waals surface area contributed by atoms with Crippen molar-refractivity contribution in [2.45, 2.75) is 78.3 Å². The molecule has 1 heterocycles. The fourth-order valence-corrected chi connectivity index (χ4v) is 4.03. The number of rotatable bonds is 4. The van der Waals surface area contributed by atoms with Crippen LogP contribution < -0.4 is 5.32 Å². The van der Waals surface area contributed by atoms with Gasteiger partial charge >= 0.3 is 0 Å². The van der Waals surface area contributed by atoms with E-state index >= 15 is 0 Å². The molecule has 1 saturated carbocycles. The highest BCUT2D eigenvalue weighted by Gasteiger charge is 2.34. The third kappa shape index (κ3) is 3.95. The second-order valence-electron chi connectivity index (χ2n) is 7.51. The average molecular weight is 266 g/mol. The van der Waals surface area contributed by atoms with Gasteiger partial charge in [-0.15, -0.1) is 0 Å². The maximum Gasteiger partial charge on any atom is 0.0121 e. The standard InChI is InChI=1S/C17H34N2/c1-5-19-12-9-15(10-13-19)14(2)18-16-8-6-7-11-17(16,3)4/h14-16,18H,5-13H2,1-4H3. The molecule has 0 bridgehead atoms. The van der Waals surface area contributed by atoms with Gasteiger partial charge in [-0.2, -0.15) is 0 Å². The number of hydrogen-bond acceptors (Lipinski definition) is 2. The van der Waals surface area contributed by atoms with Gasteiger partial charge in [-0.05, 0) is 63.6 Å². The van der Waals surface area contributed by atoms with Crippen LogP contribution in [-0.4, -0.2) is 36.6 Å². The highest BCUT2D eigenvalue weighted by Crippen LogP contribution is 2.36. The highest BCUT2D eigenvalue weighted by atomic mass is 15.1. The van der Waals surface area contributed by atoms with Crippen LogP contribution in [0, 0.1) is 11.3 Å². The third-order valence-corrected chi connectivity index (χ3v) is 5.76. The lowest BCUT2D eigenvalue weighted by Gasteiger charge is -2.43. The Morgan fingerprint density at radius 1 is 1.16 bits per heavy atom. The van der Waals surface area contributed by atoms with Gasteiger partial charge in [0.05, 0.1) is 0 Å². The quantitative estimate of drug-likeness (QED) is 0.835. The molecular weight excluding hydrogens is 232 g/mol. The van der Waals surface area contributed by atoms with E-state index in [1.165, 1.54) is 58.2 Å². The van der Waals surface area contributed by atoms with Crippen molar-refractivity contribution in [3.8, 4) is 0 Å². The summed E-state index contributed by atoms with van der Waals surface area (Å²) >= 11 is 0. The van der Waals surface area contributed by atoms with Gasteiger partial charge < -0.3 is 10.2 Å². The topological polar surface area (TPSA) is 15.3 Å². The van der Waals surface area contributed by atoms with Gasteiger partial charge in [-0.3, -0.25) is 0 Å². The molecule has 1 saturated heterocycles. The first kappa shape index (κ1) is 15.3. The lowest BCUT2D eigenvalue weighted by Crippen LogP contribution is -2.51. The van der Waals surface area contributed by atoms with Gasteiger partial charge in [0, 0.05) is 12.1 Å². The van der Waals surface area contributed by atoms with Crippen molar-refractivity contribution in [3.63, 3.8) is 0 Å². The van der Waals surface area contributed by atoms with Crippen LogP contribution in [0.25, 0.3) is 0 Å². The third-order valence-electron chi connectivity index (χ3n) is 5.76. The largest absolute Gasteiger partial charge is 0.311 e. The molecular formula is C17H34N2. The minimum atomic E-state index is 0.497. The first-order valence-electron chi connectivity index (χ1n) is 8.51. The highest BCUT2D eigenvalue weighted by molar-refractivity contribution is 4.91. The molecule has 0 radical (unpaired) electrons. The second kappa shape index (κ2) is 6.58. The van der Waals surface area contributed by atoms with Crippen molar-refractivity contribution in [2.24, 2.45) is 11.3 Å². The summed E-state index contributed by atoms with van der Waals surface area (Å²) in [6.45, 7) is 13.5. The zero-order valence-electron chi connectivity index (χ0n) is 13.5. The minimum Gasteiger partial charge on any atom is -0.311 e. The van der Waals surface area contributed by atoms with E-state index in [1.54, 1.807) is 0 Å². The van der Waals surface area contributed by atoms with Crippen molar-refractivity contribution in [1.82, 2.24) is 10.2 Å². The number of piperidine rings is 1. The number of nitrogens with zero attached hydrogens (tertiary/aromatic N) is 1. The van der Waals surface area contributed by atoms with Crippen molar-refractivity contribution >= 4 is 0 Å². The molecule has 2 rings (SSSR count). The molecule has 0 aromatic heterocycles. The summed E-state index contributed by atoms with van der Waals surface area (Å²) < 4.78 is 0. The molecule has 2 atom stereocenters. The normalized spacial score (nSPS) is 31.3. The SMILES string of the molecule is CCN1CCC(C(C)NC2CCCCC2(C)C)CC1. The maximum atomic E-state index is 3.99. The summed E-state index contributed by atoms with van der Waals surface area (Å²) in [4.78, 5) is 2.59. The summed E-state index contributed by atoms with van der Waals surface area (Å²) in [5, 5.41) is 3.99. The van der Waals surface area contributed by atoms with Crippen molar-refractivity contribution in [1.29, 1.82) is 0 Å². The molecule has 0 amide bonds. The van der Waals surface area contributed by atoms with Crippen LogP contribution in [0.5, 0.6) is 0 Å². The fraction of sp³-hybridized carbons (Fsp3) is 1.00. The molecule has 2 aliphatic rings. The van der Waals surface area contributed by atoms with E-state index in [2.05, 4.69) is 37.9 Å². The van der Waals surface area contributed by atoms with Crippen molar-refractivity contribution < 1.29 is 0 Å². The van der Waals surface area contributed by atoms with Crippen LogP contribution in [0.3, 0.4) is 0 Å². The molecule has 1 N–H and O–H groups in total. The molecule has 0 aromatic carbocycles. The predicted octanol–water partition coefficient (Wildman–Crippen LogP) is 3.67. The van der Waals surface area contributed by atoms with Crippen LogP contribution in [0.2, 0.25) is 0 Å². The summed E-state index contributed by atoms with van der Waals surface area (Å²) in [6, 6.07) is 1.43. The van der Waals surface area contributed by atoms with Crippen LogP contribution >= 0.6 is 0 Å². The zero-order valence-corrected chi connectivity index (χ0v) is 13.5. The fourth-order valence-electron chi connectivity index (χ4n) is 4.03. The van der Waals surface area contributed by atoms with Crippen LogP contribution in [0.1, 0.15) is 66.2 Å².